The van der Waals surface area contributed by atoms with E-state index in [1.54, 1.807) is 0 Å². The first-order valence-electron chi connectivity index (χ1n) is 7.29. The first-order valence-corrected chi connectivity index (χ1v) is 7.66. The van der Waals surface area contributed by atoms with Gasteiger partial charge in [0.1, 0.15) is 11.5 Å². The second-order valence-corrected chi connectivity index (χ2v) is 6.06. The van der Waals surface area contributed by atoms with Crippen LogP contribution in [0.2, 0.25) is 5.02 Å². The Hall–Kier alpha value is -1.51. The van der Waals surface area contributed by atoms with Gasteiger partial charge in [0.05, 0.1) is 0 Å². The lowest BCUT2D eigenvalue weighted by molar-refractivity contribution is 0.469. The highest BCUT2D eigenvalue weighted by atomic mass is 35.5. The van der Waals surface area contributed by atoms with Crippen LogP contribution in [0.1, 0.15) is 25.0 Å². The number of benzene rings is 2. The van der Waals surface area contributed by atoms with E-state index in [0.717, 1.165) is 28.6 Å². The molecule has 0 unspecified atom stereocenters. The van der Waals surface area contributed by atoms with Gasteiger partial charge in [-0.1, -0.05) is 49.2 Å². The van der Waals surface area contributed by atoms with Gasteiger partial charge in [-0.05, 0) is 43.7 Å². The van der Waals surface area contributed by atoms with Gasteiger partial charge in [-0.25, -0.2) is 0 Å². The highest BCUT2D eigenvalue weighted by molar-refractivity contribution is 6.31. The number of ether oxygens (including phenoxy) is 1. The second kappa shape index (κ2) is 7.48. The Labute approximate surface area is 132 Å². The highest BCUT2D eigenvalue weighted by Crippen LogP contribution is 2.30. The lowest BCUT2D eigenvalue weighted by Crippen LogP contribution is -2.19. The van der Waals surface area contributed by atoms with Crippen LogP contribution in [0.5, 0.6) is 11.5 Å². The van der Waals surface area contributed by atoms with Crippen molar-refractivity contribution in [2.45, 2.75) is 27.3 Å². The minimum Gasteiger partial charge on any atom is -0.457 e. The molecular formula is C18H22ClNO. The molecule has 1 N–H and O–H groups in total. The van der Waals surface area contributed by atoms with Crippen molar-refractivity contribution in [2.24, 2.45) is 5.92 Å². The fourth-order valence-electron chi connectivity index (χ4n) is 2.03. The molecule has 112 valence electrons. The molecule has 0 spiro atoms. The highest BCUT2D eigenvalue weighted by Gasteiger charge is 2.09. The molecule has 0 aliphatic carbocycles. The summed E-state index contributed by atoms with van der Waals surface area (Å²) in [5, 5.41) is 4.15. The van der Waals surface area contributed by atoms with Gasteiger partial charge >= 0.3 is 0 Å². The third-order valence-electron chi connectivity index (χ3n) is 3.18. The molecule has 2 nitrogen and oxygen atoms in total. The van der Waals surface area contributed by atoms with E-state index >= 15 is 0 Å². The van der Waals surface area contributed by atoms with Gasteiger partial charge < -0.3 is 10.1 Å². The minimum absolute atomic E-state index is 0.606. The first kappa shape index (κ1) is 15.9. The Morgan fingerprint density at radius 1 is 1.10 bits per heavy atom. The Bertz CT molecular complexity index is 578. The molecule has 0 aromatic heterocycles. The van der Waals surface area contributed by atoms with Crippen LogP contribution in [0, 0.1) is 12.8 Å². The van der Waals surface area contributed by atoms with Gasteiger partial charge in [-0.2, -0.15) is 0 Å². The Morgan fingerprint density at radius 2 is 1.81 bits per heavy atom. The van der Waals surface area contributed by atoms with E-state index in [4.69, 9.17) is 16.3 Å². The zero-order chi connectivity index (χ0) is 15.2. The van der Waals surface area contributed by atoms with E-state index in [2.05, 4.69) is 26.1 Å². The van der Waals surface area contributed by atoms with Crippen LogP contribution in [0.3, 0.4) is 0 Å². The molecule has 0 aliphatic heterocycles. The van der Waals surface area contributed by atoms with Crippen molar-refractivity contribution >= 4 is 11.6 Å². The summed E-state index contributed by atoms with van der Waals surface area (Å²) in [7, 11) is 0. The summed E-state index contributed by atoms with van der Waals surface area (Å²) in [6.45, 7) is 8.09. The van der Waals surface area contributed by atoms with E-state index in [9.17, 15) is 0 Å². The fourth-order valence-corrected chi connectivity index (χ4v) is 2.26. The third kappa shape index (κ3) is 4.76. The van der Waals surface area contributed by atoms with Crippen molar-refractivity contribution in [3.8, 4) is 11.5 Å². The zero-order valence-electron chi connectivity index (χ0n) is 12.8. The molecule has 0 saturated carbocycles. The maximum absolute atomic E-state index is 6.32. The number of halogens is 1. The number of hydrogen-bond acceptors (Lipinski definition) is 2. The van der Waals surface area contributed by atoms with E-state index in [1.165, 1.54) is 5.56 Å². The predicted octanol–water partition coefficient (Wildman–Crippen LogP) is 5.19. The minimum atomic E-state index is 0.606. The summed E-state index contributed by atoms with van der Waals surface area (Å²) in [4.78, 5) is 0. The molecular weight excluding hydrogens is 282 g/mol. The van der Waals surface area contributed by atoms with Crippen molar-refractivity contribution in [3.05, 3.63) is 58.6 Å². The Morgan fingerprint density at radius 3 is 2.48 bits per heavy atom. The molecule has 2 rings (SSSR count). The van der Waals surface area contributed by atoms with Crippen LogP contribution in [0.25, 0.3) is 0 Å². The van der Waals surface area contributed by atoms with E-state index < -0.39 is 0 Å². The average molecular weight is 304 g/mol. The molecule has 2 aromatic rings. The van der Waals surface area contributed by atoms with Crippen molar-refractivity contribution in [2.75, 3.05) is 6.54 Å². The zero-order valence-corrected chi connectivity index (χ0v) is 13.6. The summed E-state index contributed by atoms with van der Waals surface area (Å²) < 4.78 is 5.98. The molecule has 0 atom stereocenters. The monoisotopic (exact) mass is 303 g/mol. The van der Waals surface area contributed by atoms with Crippen LogP contribution in [-0.4, -0.2) is 6.54 Å². The molecule has 0 fully saturated rings. The average Bonchev–Trinajstić information content (AvgIpc) is 2.44. The Kier molecular flexibility index (Phi) is 5.66. The van der Waals surface area contributed by atoms with Crippen molar-refractivity contribution in [3.63, 3.8) is 0 Å². The maximum atomic E-state index is 6.32. The molecule has 0 saturated heterocycles. The van der Waals surface area contributed by atoms with Gasteiger partial charge in [0, 0.05) is 17.1 Å². The van der Waals surface area contributed by atoms with Crippen LogP contribution in [0.4, 0.5) is 0 Å². The van der Waals surface area contributed by atoms with Crippen LogP contribution in [0.15, 0.2) is 42.5 Å². The molecule has 0 bridgehead atoms. The lowest BCUT2D eigenvalue weighted by atomic mass is 10.1. The summed E-state index contributed by atoms with van der Waals surface area (Å²) in [5.74, 6) is 2.24. The molecule has 3 heteroatoms. The third-order valence-corrected chi connectivity index (χ3v) is 3.53. The summed E-state index contributed by atoms with van der Waals surface area (Å²) in [5.41, 5.74) is 2.22. The number of hydrogen-bond donors (Lipinski definition) is 1. The number of aryl methyl sites for hydroxylation is 1. The molecule has 0 amide bonds. The summed E-state index contributed by atoms with van der Waals surface area (Å²) >= 11 is 6.32. The van der Waals surface area contributed by atoms with Crippen LogP contribution in [-0.2, 0) is 6.54 Å². The van der Waals surface area contributed by atoms with E-state index in [1.807, 2.05) is 42.5 Å². The fraction of sp³-hybridized carbons (Fsp3) is 0.333. The molecule has 2 aromatic carbocycles. The van der Waals surface area contributed by atoms with E-state index in [0.29, 0.717) is 12.5 Å². The van der Waals surface area contributed by atoms with Crippen molar-refractivity contribution in [1.29, 1.82) is 0 Å². The molecule has 0 aliphatic rings. The molecule has 0 radical (unpaired) electrons. The Balaban J connectivity index is 2.14. The van der Waals surface area contributed by atoms with Crippen LogP contribution < -0.4 is 10.1 Å². The molecule has 21 heavy (non-hydrogen) atoms. The predicted molar refractivity (Wildman–Crippen MR) is 89.2 cm³/mol. The lowest BCUT2D eigenvalue weighted by Gasteiger charge is -2.14. The summed E-state index contributed by atoms with van der Waals surface area (Å²) in [6, 6.07) is 13.8. The number of rotatable bonds is 6. The van der Waals surface area contributed by atoms with Gasteiger partial charge in [-0.3, -0.25) is 0 Å². The van der Waals surface area contributed by atoms with Gasteiger partial charge in [0.2, 0.25) is 0 Å². The van der Waals surface area contributed by atoms with Gasteiger partial charge in [-0.15, -0.1) is 0 Å². The molecule has 0 heterocycles. The van der Waals surface area contributed by atoms with Gasteiger partial charge in [0.15, 0.2) is 0 Å². The largest absolute Gasteiger partial charge is 0.457 e. The van der Waals surface area contributed by atoms with Crippen LogP contribution >= 0.6 is 11.6 Å². The topological polar surface area (TPSA) is 21.3 Å². The van der Waals surface area contributed by atoms with Gasteiger partial charge in [0.25, 0.3) is 0 Å². The van der Waals surface area contributed by atoms with E-state index in [-0.39, 0.29) is 0 Å². The SMILES string of the molecule is Cc1ccc(Oc2cccc(Cl)c2CNCC(C)C)cc1. The number of nitrogens with one attached hydrogen (secondary N) is 1. The standard InChI is InChI=1S/C18H22ClNO/c1-13(2)11-20-12-16-17(19)5-4-6-18(16)21-15-9-7-14(3)8-10-15/h4-10,13,20H,11-12H2,1-3H3. The quantitative estimate of drug-likeness (QED) is 0.793. The second-order valence-electron chi connectivity index (χ2n) is 5.66. The van der Waals surface area contributed by atoms with Crippen molar-refractivity contribution < 1.29 is 4.74 Å². The smallest absolute Gasteiger partial charge is 0.133 e. The maximum Gasteiger partial charge on any atom is 0.133 e. The normalized spacial score (nSPS) is 10.9. The first-order chi connectivity index (χ1) is 10.1. The summed E-state index contributed by atoms with van der Waals surface area (Å²) in [6.07, 6.45) is 0. The van der Waals surface area contributed by atoms with Crippen molar-refractivity contribution in [1.82, 2.24) is 5.32 Å².